The fourth-order valence-corrected chi connectivity index (χ4v) is 3.72. The molecule has 1 aliphatic carbocycles. The van der Waals surface area contributed by atoms with Gasteiger partial charge in [0.25, 0.3) is 0 Å². The molecule has 28 heavy (non-hydrogen) atoms. The van der Waals surface area contributed by atoms with Gasteiger partial charge >= 0.3 is 5.97 Å². The number of aryl methyl sites for hydroxylation is 1. The zero-order valence-corrected chi connectivity index (χ0v) is 16.2. The van der Waals surface area contributed by atoms with Crippen molar-refractivity contribution >= 4 is 5.97 Å². The Bertz CT molecular complexity index is 643. The average molecular weight is 390 g/mol. The molecule has 0 unspecified atom stereocenters. The van der Waals surface area contributed by atoms with E-state index in [2.05, 4.69) is 0 Å². The second-order valence-corrected chi connectivity index (χ2v) is 7.53. The number of aliphatic carboxylic acids is 1. The monoisotopic (exact) mass is 390 g/mol. The third-order valence-electron chi connectivity index (χ3n) is 5.33. The van der Waals surface area contributed by atoms with E-state index in [9.17, 15) is 19.4 Å². The van der Waals surface area contributed by atoms with E-state index in [4.69, 9.17) is 5.11 Å². The Morgan fingerprint density at radius 3 is 2.71 bits per heavy atom. The van der Waals surface area contributed by atoms with Crippen LogP contribution in [0.5, 0.6) is 0 Å². The summed E-state index contributed by atoms with van der Waals surface area (Å²) in [6.07, 6.45) is 8.07. The van der Waals surface area contributed by atoms with Crippen LogP contribution in [0.15, 0.2) is 54.6 Å². The number of alkyl halides is 1. The molecule has 2 rings (SSSR count). The van der Waals surface area contributed by atoms with Gasteiger partial charge in [0.05, 0.1) is 12.2 Å². The maximum atomic E-state index is 14.3. The number of aliphatic hydroxyl groups excluding tert-OH is 2. The lowest BCUT2D eigenvalue weighted by molar-refractivity contribution is -0.137. The number of unbranched alkanes of at least 4 members (excludes halogenated alkanes) is 1. The van der Waals surface area contributed by atoms with Crippen molar-refractivity contribution in [3.63, 3.8) is 0 Å². The van der Waals surface area contributed by atoms with Crippen LogP contribution in [0.2, 0.25) is 0 Å². The van der Waals surface area contributed by atoms with Gasteiger partial charge in [-0.2, -0.15) is 0 Å². The summed E-state index contributed by atoms with van der Waals surface area (Å²) in [5.41, 5.74) is 1.16. The van der Waals surface area contributed by atoms with Gasteiger partial charge in [0, 0.05) is 24.7 Å². The molecule has 1 fully saturated rings. The molecule has 0 radical (unpaired) electrons. The smallest absolute Gasteiger partial charge is 0.303 e. The Kier molecular flexibility index (Phi) is 9.38. The van der Waals surface area contributed by atoms with Gasteiger partial charge in [0.2, 0.25) is 0 Å². The second kappa shape index (κ2) is 11.8. The predicted octanol–water partition coefficient (Wildman–Crippen LogP) is 4.07. The van der Waals surface area contributed by atoms with E-state index >= 15 is 0 Å². The van der Waals surface area contributed by atoms with Gasteiger partial charge in [0.15, 0.2) is 0 Å². The van der Waals surface area contributed by atoms with Crippen molar-refractivity contribution in [2.75, 3.05) is 0 Å². The lowest BCUT2D eigenvalue weighted by Crippen LogP contribution is -2.19. The minimum atomic E-state index is -1.07. The second-order valence-electron chi connectivity index (χ2n) is 7.53. The molecule has 0 saturated heterocycles. The molecule has 0 aliphatic heterocycles. The SMILES string of the molecule is O=C(O)CCC/C=C\C[C@@H]1[C@@H](/C=C/[C@H](O)CCc2ccccc2)[C@H](O)C[C@H]1F. The molecular weight excluding hydrogens is 359 g/mol. The minimum Gasteiger partial charge on any atom is -0.481 e. The number of allylic oxidation sites excluding steroid dienone is 2. The Balaban J connectivity index is 1.82. The maximum Gasteiger partial charge on any atom is 0.303 e. The van der Waals surface area contributed by atoms with Crippen molar-refractivity contribution in [1.82, 2.24) is 0 Å². The van der Waals surface area contributed by atoms with Crippen LogP contribution in [-0.2, 0) is 11.2 Å². The molecule has 3 N–H and O–H groups in total. The molecule has 0 spiro atoms. The summed E-state index contributed by atoms with van der Waals surface area (Å²) in [6, 6.07) is 9.92. The molecule has 1 aromatic rings. The number of halogens is 1. The normalized spacial score (nSPS) is 26.2. The summed E-state index contributed by atoms with van der Waals surface area (Å²) in [6.45, 7) is 0. The van der Waals surface area contributed by atoms with Crippen LogP contribution in [-0.4, -0.2) is 39.7 Å². The summed E-state index contributed by atoms with van der Waals surface area (Å²) in [5.74, 6) is -1.44. The van der Waals surface area contributed by atoms with Gasteiger partial charge in [0.1, 0.15) is 6.17 Å². The highest BCUT2D eigenvalue weighted by molar-refractivity contribution is 5.66. The van der Waals surface area contributed by atoms with Crippen LogP contribution < -0.4 is 0 Å². The number of carbonyl (C=O) groups is 1. The fraction of sp³-hybridized carbons (Fsp3) is 0.522. The van der Waals surface area contributed by atoms with Crippen LogP contribution >= 0.6 is 0 Å². The third-order valence-corrected chi connectivity index (χ3v) is 5.33. The quantitative estimate of drug-likeness (QED) is 0.393. The first-order valence-corrected chi connectivity index (χ1v) is 10.1. The molecule has 5 heteroatoms. The molecular formula is C23H31FO4. The van der Waals surface area contributed by atoms with Crippen LogP contribution in [0.1, 0.15) is 44.1 Å². The Labute approximate surface area is 166 Å². The largest absolute Gasteiger partial charge is 0.481 e. The number of benzene rings is 1. The van der Waals surface area contributed by atoms with Gasteiger partial charge in [-0.05, 0) is 37.7 Å². The number of rotatable bonds is 11. The molecule has 5 atom stereocenters. The van der Waals surface area contributed by atoms with E-state index < -0.39 is 24.3 Å². The molecule has 0 aromatic heterocycles. The number of hydrogen-bond donors (Lipinski definition) is 3. The van der Waals surface area contributed by atoms with Crippen molar-refractivity contribution in [1.29, 1.82) is 0 Å². The van der Waals surface area contributed by atoms with E-state index in [1.54, 1.807) is 12.2 Å². The van der Waals surface area contributed by atoms with Crippen LogP contribution in [0, 0.1) is 11.8 Å². The van der Waals surface area contributed by atoms with E-state index in [0.29, 0.717) is 25.7 Å². The van der Waals surface area contributed by atoms with Gasteiger partial charge < -0.3 is 15.3 Å². The van der Waals surface area contributed by atoms with E-state index in [0.717, 1.165) is 12.0 Å². The highest BCUT2D eigenvalue weighted by Crippen LogP contribution is 2.38. The number of carboxylic acid groups (broad SMARTS) is 1. The molecule has 154 valence electrons. The minimum absolute atomic E-state index is 0.118. The fourth-order valence-electron chi connectivity index (χ4n) is 3.72. The van der Waals surface area contributed by atoms with Crippen molar-refractivity contribution in [2.45, 2.75) is 63.3 Å². The standard InChI is InChI=1S/C23H31FO4/c24-21-16-22(26)20(19(21)10-6-1-2-7-11-23(27)28)15-14-18(25)13-12-17-8-4-3-5-9-17/h1,3-6,8-9,14-15,18-22,25-26H,2,7,10-13,16H2,(H,27,28)/b6-1-,15-14+/t18-,19-,20-,21-,22-/m1/s1. The summed E-state index contributed by atoms with van der Waals surface area (Å²) < 4.78 is 14.3. The first kappa shape index (κ1) is 22.3. The molecule has 1 aromatic carbocycles. The summed E-state index contributed by atoms with van der Waals surface area (Å²) in [4.78, 5) is 10.5. The highest BCUT2D eigenvalue weighted by atomic mass is 19.1. The van der Waals surface area contributed by atoms with Gasteiger partial charge in [-0.25, -0.2) is 4.39 Å². The topological polar surface area (TPSA) is 77.8 Å². The molecule has 4 nitrogen and oxygen atoms in total. The maximum absolute atomic E-state index is 14.3. The van der Waals surface area contributed by atoms with Crippen molar-refractivity contribution in [2.24, 2.45) is 11.8 Å². The predicted molar refractivity (Wildman–Crippen MR) is 108 cm³/mol. The lowest BCUT2D eigenvalue weighted by Gasteiger charge is -2.19. The van der Waals surface area contributed by atoms with Crippen molar-refractivity contribution < 1.29 is 24.5 Å². The van der Waals surface area contributed by atoms with Gasteiger partial charge in [-0.15, -0.1) is 0 Å². The number of carboxylic acids is 1. The summed E-state index contributed by atoms with van der Waals surface area (Å²) >= 11 is 0. The first-order chi connectivity index (χ1) is 13.5. The average Bonchev–Trinajstić information content (AvgIpc) is 2.94. The zero-order chi connectivity index (χ0) is 20.4. The third kappa shape index (κ3) is 7.56. The Hall–Kier alpha value is -1.98. The highest BCUT2D eigenvalue weighted by Gasteiger charge is 2.40. The Morgan fingerprint density at radius 2 is 2.00 bits per heavy atom. The molecule has 1 saturated carbocycles. The molecule has 0 bridgehead atoms. The van der Waals surface area contributed by atoms with Crippen molar-refractivity contribution in [3.8, 4) is 0 Å². The van der Waals surface area contributed by atoms with Gasteiger partial charge in [-0.1, -0.05) is 54.6 Å². The van der Waals surface area contributed by atoms with Gasteiger partial charge in [-0.3, -0.25) is 4.79 Å². The molecule has 0 amide bonds. The van der Waals surface area contributed by atoms with E-state index in [1.165, 1.54) is 0 Å². The summed E-state index contributed by atoms with van der Waals surface area (Å²) in [5, 5.41) is 29.0. The van der Waals surface area contributed by atoms with E-state index in [1.807, 2.05) is 42.5 Å². The van der Waals surface area contributed by atoms with Crippen LogP contribution in [0.3, 0.4) is 0 Å². The molecule has 0 heterocycles. The van der Waals surface area contributed by atoms with Crippen LogP contribution in [0.4, 0.5) is 4.39 Å². The number of hydrogen-bond acceptors (Lipinski definition) is 3. The molecule has 1 aliphatic rings. The summed E-state index contributed by atoms with van der Waals surface area (Å²) in [7, 11) is 0. The first-order valence-electron chi connectivity index (χ1n) is 10.1. The van der Waals surface area contributed by atoms with E-state index in [-0.39, 0.29) is 24.7 Å². The van der Waals surface area contributed by atoms with Crippen molar-refractivity contribution in [3.05, 3.63) is 60.2 Å². The zero-order valence-electron chi connectivity index (χ0n) is 16.2. The Morgan fingerprint density at radius 1 is 1.25 bits per heavy atom. The number of aliphatic hydroxyl groups is 2. The lowest BCUT2D eigenvalue weighted by atomic mass is 9.90. The van der Waals surface area contributed by atoms with Crippen LogP contribution in [0.25, 0.3) is 0 Å².